The Kier molecular flexibility index (Phi) is 5.94. The molecule has 1 N–H and O–H groups in total. The molecule has 1 saturated heterocycles. The van der Waals surface area contributed by atoms with Gasteiger partial charge in [0.2, 0.25) is 5.76 Å². The van der Waals surface area contributed by atoms with Crippen molar-refractivity contribution in [1.82, 2.24) is 20.4 Å². The molecule has 32 heavy (non-hydrogen) atoms. The topological polar surface area (TPSA) is 71.3 Å². The Labute approximate surface area is 187 Å². The van der Waals surface area contributed by atoms with Crippen LogP contribution < -0.4 is 5.32 Å². The number of amides is 1. The summed E-state index contributed by atoms with van der Waals surface area (Å²) in [6.07, 6.45) is 5.57. The van der Waals surface area contributed by atoms with E-state index in [1.807, 2.05) is 12.1 Å². The van der Waals surface area contributed by atoms with Gasteiger partial charge in [-0.1, -0.05) is 47.6 Å². The second-order valence-electron chi connectivity index (χ2n) is 8.37. The van der Waals surface area contributed by atoms with E-state index in [-0.39, 0.29) is 17.6 Å². The van der Waals surface area contributed by atoms with Crippen LogP contribution in [-0.2, 0) is 13.1 Å². The standard InChI is InChI=1S/C26H26N4O2/c31-26(28-16-19-10-12-27-13-11-19)25-15-24(29-32-25)22-8-4-14-30(18-22)17-21-7-3-6-20-5-1-2-9-23(20)21/h1-3,5-7,9-13,15,22H,4,8,14,16-18H2,(H,28,31)/t22-/m0/s1. The molecule has 4 aromatic rings. The van der Waals surface area contributed by atoms with Gasteiger partial charge in [-0.15, -0.1) is 0 Å². The molecular formula is C26H26N4O2. The maximum Gasteiger partial charge on any atom is 0.290 e. The minimum absolute atomic E-state index is 0.246. The molecule has 5 rings (SSSR count). The van der Waals surface area contributed by atoms with Gasteiger partial charge in [-0.2, -0.15) is 0 Å². The van der Waals surface area contributed by atoms with E-state index in [2.05, 4.69) is 62.8 Å². The van der Waals surface area contributed by atoms with Crippen molar-refractivity contribution in [2.75, 3.05) is 13.1 Å². The first kappa shape index (κ1) is 20.4. The number of fused-ring (bicyclic) bond motifs is 1. The Morgan fingerprint density at radius 1 is 1.09 bits per heavy atom. The Morgan fingerprint density at radius 3 is 2.84 bits per heavy atom. The normalized spacial score (nSPS) is 16.8. The highest BCUT2D eigenvalue weighted by Gasteiger charge is 2.25. The van der Waals surface area contributed by atoms with Gasteiger partial charge in [0.15, 0.2) is 0 Å². The van der Waals surface area contributed by atoms with Crippen LogP contribution in [0.15, 0.2) is 77.6 Å². The van der Waals surface area contributed by atoms with E-state index < -0.39 is 0 Å². The molecule has 3 heterocycles. The summed E-state index contributed by atoms with van der Waals surface area (Å²) in [6.45, 7) is 3.32. The molecule has 0 spiro atoms. The Morgan fingerprint density at radius 2 is 1.94 bits per heavy atom. The molecule has 162 valence electrons. The largest absolute Gasteiger partial charge is 0.351 e. The first-order valence-corrected chi connectivity index (χ1v) is 11.1. The quantitative estimate of drug-likeness (QED) is 0.490. The molecule has 0 bridgehead atoms. The monoisotopic (exact) mass is 426 g/mol. The van der Waals surface area contributed by atoms with Gasteiger partial charge in [-0.3, -0.25) is 14.7 Å². The summed E-state index contributed by atoms with van der Waals surface area (Å²) in [6, 6.07) is 20.6. The zero-order valence-electron chi connectivity index (χ0n) is 17.9. The van der Waals surface area contributed by atoms with Gasteiger partial charge in [0.25, 0.3) is 5.91 Å². The first-order valence-electron chi connectivity index (χ1n) is 11.1. The van der Waals surface area contributed by atoms with E-state index in [0.717, 1.165) is 43.7 Å². The molecule has 2 aromatic heterocycles. The van der Waals surface area contributed by atoms with E-state index in [0.29, 0.717) is 6.54 Å². The van der Waals surface area contributed by atoms with Crippen molar-refractivity contribution in [3.63, 3.8) is 0 Å². The van der Waals surface area contributed by atoms with E-state index in [1.54, 1.807) is 18.5 Å². The minimum Gasteiger partial charge on any atom is -0.351 e. The van der Waals surface area contributed by atoms with E-state index >= 15 is 0 Å². The highest BCUT2D eigenvalue weighted by molar-refractivity contribution is 5.91. The van der Waals surface area contributed by atoms with Crippen molar-refractivity contribution in [2.45, 2.75) is 31.8 Å². The maximum atomic E-state index is 12.5. The Bertz CT molecular complexity index is 1200. The zero-order valence-corrected chi connectivity index (χ0v) is 17.9. The van der Waals surface area contributed by atoms with E-state index in [4.69, 9.17) is 4.52 Å². The third-order valence-electron chi connectivity index (χ3n) is 6.15. The van der Waals surface area contributed by atoms with Crippen molar-refractivity contribution in [2.24, 2.45) is 0 Å². The van der Waals surface area contributed by atoms with Gasteiger partial charge >= 0.3 is 0 Å². The number of hydrogen-bond acceptors (Lipinski definition) is 5. The number of carbonyl (C=O) groups is 1. The predicted octanol–water partition coefficient (Wildman–Crippen LogP) is 4.53. The number of likely N-dealkylation sites (tertiary alicyclic amines) is 1. The molecule has 1 amide bonds. The summed E-state index contributed by atoms with van der Waals surface area (Å²) in [5.41, 5.74) is 3.20. The van der Waals surface area contributed by atoms with E-state index in [9.17, 15) is 4.79 Å². The second-order valence-corrected chi connectivity index (χ2v) is 8.37. The number of carbonyl (C=O) groups excluding carboxylic acids is 1. The molecule has 6 nitrogen and oxygen atoms in total. The minimum atomic E-state index is -0.246. The lowest BCUT2D eigenvalue weighted by atomic mass is 9.94. The number of pyridine rings is 1. The van der Waals surface area contributed by atoms with Crippen molar-refractivity contribution in [3.05, 3.63) is 95.6 Å². The van der Waals surface area contributed by atoms with Gasteiger partial charge in [0, 0.05) is 44.0 Å². The molecule has 1 atom stereocenters. The van der Waals surface area contributed by atoms with Crippen molar-refractivity contribution in [1.29, 1.82) is 0 Å². The molecular weight excluding hydrogens is 400 g/mol. The Hall–Kier alpha value is -3.51. The van der Waals surface area contributed by atoms with Crippen molar-refractivity contribution >= 4 is 16.7 Å². The van der Waals surface area contributed by atoms with Gasteiger partial charge in [0.05, 0.1) is 5.69 Å². The average molecular weight is 427 g/mol. The van der Waals surface area contributed by atoms with Crippen LogP contribution in [0.4, 0.5) is 0 Å². The van der Waals surface area contributed by atoms with Crippen LogP contribution in [0.5, 0.6) is 0 Å². The zero-order chi connectivity index (χ0) is 21.8. The fourth-order valence-corrected chi connectivity index (χ4v) is 4.47. The molecule has 0 unspecified atom stereocenters. The van der Waals surface area contributed by atoms with Gasteiger partial charge < -0.3 is 9.84 Å². The van der Waals surface area contributed by atoms with Crippen LogP contribution in [0.2, 0.25) is 0 Å². The fourth-order valence-electron chi connectivity index (χ4n) is 4.47. The number of piperidine rings is 1. The average Bonchev–Trinajstić information content (AvgIpc) is 3.34. The Balaban J connectivity index is 1.23. The number of aromatic nitrogens is 2. The lowest BCUT2D eigenvalue weighted by Crippen LogP contribution is -2.34. The lowest BCUT2D eigenvalue weighted by Gasteiger charge is -2.32. The summed E-state index contributed by atoms with van der Waals surface area (Å²) in [4.78, 5) is 18.9. The molecule has 0 radical (unpaired) electrons. The van der Waals surface area contributed by atoms with Crippen molar-refractivity contribution < 1.29 is 9.32 Å². The maximum absolute atomic E-state index is 12.5. The molecule has 0 saturated carbocycles. The van der Waals surface area contributed by atoms with Gasteiger partial charge in [0.1, 0.15) is 0 Å². The van der Waals surface area contributed by atoms with Crippen LogP contribution in [0.25, 0.3) is 10.8 Å². The number of hydrogen-bond donors (Lipinski definition) is 1. The van der Waals surface area contributed by atoms with Crippen molar-refractivity contribution in [3.8, 4) is 0 Å². The molecule has 1 aliphatic rings. The van der Waals surface area contributed by atoms with Crippen LogP contribution in [0.3, 0.4) is 0 Å². The number of benzene rings is 2. The van der Waals surface area contributed by atoms with Crippen LogP contribution in [0.1, 0.15) is 46.1 Å². The molecule has 6 heteroatoms. The lowest BCUT2D eigenvalue weighted by molar-refractivity contribution is 0.0913. The highest BCUT2D eigenvalue weighted by Crippen LogP contribution is 2.29. The summed E-state index contributed by atoms with van der Waals surface area (Å²) in [5, 5.41) is 9.70. The summed E-state index contributed by atoms with van der Waals surface area (Å²) < 4.78 is 5.39. The number of nitrogens with one attached hydrogen (secondary N) is 1. The predicted molar refractivity (Wildman–Crippen MR) is 123 cm³/mol. The summed E-state index contributed by atoms with van der Waals surface area (Å²) in [7, 11) is 0. The van der Waals surface area contributed by atoms with Gasteiger partial charge in [-0.25, -0.2) is 0 Å². The summed E-state index contributed by atoms with van der Waals surface area (Å²) in [5.74, 6) is 0.286. The highest BCUT2D eigenvalue weighted by atomic mass is 16.5. The summed E-state index contributed by atoms with van der Waals surface area (Å²) >= 11 is 0. The smallest absolute Gasteiger partial charge is 0.290 e. The van der Waals surface area contributed by atoms with Gasteiger partial charge in [-0.05, 0) is 53.4 Å². The van der Waals surface area contributed by atoms with Crippen LogP contribution in [-0.4, -0.2) is 34.0 Å². The molecule has 2 aromatic carbocycles. The number of rotatable bonds is 6. The SMILES string of the molecule is O=C(NCc1ccncc1)c1cc([C@H]2CCCN(Cc3cccc4ccccc34)C2)no1. The third-order valence-corrected chi connectivity index (χ3v) is 6.15. The fraction of sp³-hybridized carbons (Fsp3) is 0.269. The second kappa shape index (κ2) is 9.32. The van der Waals surface area contributed by atoms with E-state index in [1.165, 1.54) is 16.3 Å². The number of nitrogens with zero attached hydrogens (tertiary/aromatic N) is 3. The first-order chi connectivity index (χ1) is 15.8. The third kappa shape index (κ3) is 4.55. The van der Waals surface area contributed by atoms with Crippen LogP contribution >= 0.6 is 0 Å². The molecule has 1 fully saturated rings. The molecule has 1 aliphatic heterocycles. The van der Waals surface area contributed by atoms with Crippen LogP contribution in [0, 0.1) is 0 Å². The molecule has 0 aliphatic carbocycles.